The highest BCUT2D eigenvalue weighted by Gasteiger charge is 2.12. The highest BCUT2D eigenvalue weighted by atomic mass is 127. The Morgan fingerprint density at radius 2 is 2.33 bits per heavy atom. The van der Waals surface area contributed by atoms with Gasteiger partial charge in [-0.05, 0) is 0 Å². The molecular weight excluding hydrogens is 334 g/mol. The summed E-state index contributed by atoms with van der Waals surface area (Å²) in [5.41, 5.74) is 0.847. The van der Waals surface area contributed by atoms with Crippen molar-refractivity contribution in [3.8, 4) is 0 Å². The first-order valence-corrected chi connectivity index (χ1v) is 5.29. The fraction of sp³-hybridized carbons (Fsp3) is 0.143. The predicted molar refractivity (Wildman–Crippen MR) is 60.7 cm³/mol. The van der Waals surface area contributed by atoms with E-state index in [1.54, 1.807) is 0 Å². The Bertz CT molecular complexity index is 541. The number of carboxylic acids is 1. The second-order valence-corrected chi connectivity index (χ2v) is 4.04. The molecule has 0 aliphatic heterocycles. The largest absolute Gasteiger partial charge is 0.480 e. The van der Waals surface area contributed by atoms with Crippen LogP contribution in [0.3, 0.4) is 0 Å². The molecule has 0 amide bonds. The lowest BCUT2D eigenvalue weighted by Crippen LogP contribution is -2.08. The average molecular weight is 338 g/mol. The number of nitrogens with zero attached hydrogens (tertiary/aromatic N) is 4. The van der Waals surface area contributed by atoms with Crippen molar-refractivity contribution in [2.24, 2.45) is 0 Å². The van der Waals surface area contributed by atoms with E-state index in [2.05, 4.69) is 15.0 Å². The fourth-order valence-electron chi connectivity index (χ4n) is 1.15. The Morgan fingerprint density at radius 1 is 1.60 bits per heavy atom. The predicted octanol–water partition coefficient (Wildman–Crippen LogP) is 1.17. The van der Waals surface area contributed by atoms with Gasteiger partial charge in [-0.15, -0.1) is 0 Å². The number of rotatable bonds is 2. The zero-order chi connectivity index (χ0) is 11.0. The molecule has 0 fully saturated rings. The Kier molecular flexibility index (Phi) is 2.74. The lowest BCUT2D eigenvalue weighted by molar-refractivity contribution is -0.137. The van der Waals surface area contributed by atoms with Gasteiger partial charge in [-0.1, -0.05) is 11.6 Å². The van der Waals surface area contributed by atoms with Gasteiger partial charge >= 0.3 is 5.97 Å². The summed E-state index contributed by atoms with van der Waals surface area (Å²) in [6.07, 6.45) is 1.38. The second kappa shape index (κ2) is 3.89. The number of hydrogen-bond donors (Lipinski definition) is 1. The van der Waals surface area contributed by atoms with Crippen LogP contribution < -0.4 is 0 Å². The summed E-state index contributed by atoms with van der Waals surface area (Å²) in [5.74, 6) is -0.959. The molecule has 0 aliphatic rings. The average Bonchev–Trinajstić information content (AvgIpc) is 2.48. The number of aromatic nitrogens is 4. The maximum Gasteiger partial charge on any atom is 0.323 e. The quantitative estimate of drug-likeness (QED) is 0.505. The van der Waals surface area contributed by atoms with E-state index in [0.717, 1.165) is 0 Å². The third kappa shape index (κ3) is 2.02. The molecule has 0 unspecified atom stereocenters. The summed E-state index contributed by atoms with van der Waals surface area (Å²) < 4.78 is 1.87. The molecule has 15 heavy (non-hydrogen) atoms. The first kappa shape index (κ1) is 10.6. The summed E-state index contributed by atoms with van der Waals surface area (Å²) >= 11 is 7.74. The number of imidazole rings is 1. The lowest BCUT2D eigenvalue weighted by Gasteiger charge is -1.99. The SMILES string of the molecule is O=C(O)Cn1cnc2c(Cl)nc(I)nc21. The Labute approximate surface area is 102 Å². The van der Waals surface area contributed by atoms with Gasteiger partial charge in [0.15, 0.2) is 14.6 Å². The number of aliphatic carboxylic acids is 1. The molecule has 2 aromatic heterocycles. The van der Waals surface area contributed by atoms with E-state index in [4.69, 9.17) is 16.7 Å². The van der Waals surface area contributed by atoms with Crippen LogP contribution in [0.1, 0.15) is 0 Å². The van der Waals surface area contributed by atoms with Crippen LogP contribution in [0.25, 0.3) is 11.2 Å². The van der Waals surface area contributed by atoms with E-state index in [0.29, 0.717) is 15.0 Å². The van der Waals surface area contributed by atoms with E-state index in [1.807, 2.05) is 22.6 Å². The zero-order valence-electron chi connectivity index (χ0n) is 7.18. The van der Waals surface area contributed by atoms with E-state index in [1.165, 1.54) is 10.9 Å². The van der Waals surface area contributed by atoms with Crippen molar-refractivity contribution in [1.82, 2.24) is 19.5 Å². The van der Waals surface area contributed by atoms with Crippen LogP contribution in [0, 0.1) is 3.83 Å². The van der Waals surface area contributed by atoms with Gasteiger partial charge in [0.25, 0.3) is 0 Å². The van der Waals surface area contributed by atoms with Crippen molar-refractivity contribution >= 4 is 51.3 Å². The molecule has 2 aromatic rings. The van der Waals surface area contributed by atoms with Crippen molar-refractivity contribution in [2.75, 3.05) is 0 Å². The number of hydrogen-bond acceptors (Lipinski definition) is 4. The van der Waals surface area contributed by atoms with Gasteiger partial charge in [0.2, 0.25) is 0 Å². The van der Waals surface area contributed by atoms with Crippen LogP contribution in [0.15, 0.2) is 6.33 Å². The molecule has 8 heteroatoms. The first-order valence-electron chi connectivity index (χ1n) is 3.83. The van der Waals surface area contributed by atoms with Crippen LogP contribution in [0.5, 0.6) is 0 Å². The topological polar surface area (TPSA) is 80.9 Å². The molecule has 2 heterocycles. The van der Waals surface area contributed by atoms with Crippen LogP contribution >= 0.6 is 34.2 Å². The van der Waals surface area contributed by atoms with Crippen LogP contribution in [-0.4, -0.2) is 30.6 Å². The van der Waals surface area contributed by atoms with Gasteiger partial charge < -0.3 is 9.67 Å². The smallest absolute Gasteiger partial charge is 0.323 e. The van der Waals surface area contributed by atoms with Gasteiger partial charge in [-0.3, -0.25) is 4.79 Å². The maximum absolute atomic E-state index is 10.6. The standard InChI is InChI=1S/C7H4ClIN4O2/c8-5-4-6(12-7(9)11-5)13(2-10-4)1-3(14)15/h2H,1H2,(H,14,15). The van der Waals surface area contributed by atoms with Crippen molar-refractivity contribution in [3.05, 3.63) is 15.3 Å². The number of fused-ring (bicyclic) bond motifs is 1. The molecular formula is C7H4ClIN4O2. The van der Waals surface area contributed by atoms with Crippen molar-refractivity contribution in [1.29, 1.82) is 0 Å². The molecule has 0 spiro atoms. The molecule has 2 rings (SSSR count). The number of carbonyl (C=O) groups is 1. The molecule has 6 nitrogen and oxygen atoms in total. The minimum Gasteiger partial charge on any atom is -0.480 e. The summed E-state index contributed by atoms with van der Waals surface area (Å²) in [6.45, 7) is -0.195. The monoisotopic (exact) mass is 338 g/mol. The summed E-state index contributed by atoms with van der Waals surface area (Å²) in [7, 11) is 0. The normalized spacial score (nSPS) is 10.8. The van der Waals surface area contributed by atoms with Gasteiger partial charge in [-0.2, -0.15) is 0 Å². The van der Waals surface area contributed by atoms with Gasteiger partial charge in [0.1, 0.15) is 12.1 Å². The molecule has 0 aliphatic carbocycles. The number of halogens is 2. The number of carboxylic acid groups (broad SMARTS) is 1. The first-order chi connectivity index (χ1) is 7.08. The summed E-state index contributed by atoms with van der Waals surface area (Å²) in [6, 6.07) is 0. The van der Waals surface area contributed by atoms with E-state index >= 15 is 0 Å². The third-order valence-corrected chi connectivity index (χ3v) is 2.45. The Morgan fingerprint density at radius 3 is 3.00 bits per heavy atom. The molecule has 0 bridgehead atoms. The molecule has 0 atom stereocenters. The highest BCUT2D eigenvalue weighted by molar-refractivity contribution is 14.1. The summed E-state index contributed by atoms with van der Waals surface area (Å²) in [5, 5.41) is 8.89. The maximum atomic E-state index is 10.6. The minimum absolute atomic E-state index is 0.195. The van der Waals surface area contributed by atoms with Crippen molar-refractivity contribution < 1.29 is 9.90 Å². The van der Waals surface area contributed by atoms with Crippen LogP contribution in [0.2, 0.25) is 5.15 Å². The van der Waals surface area contributed by atoms with E-state index in [9.17, 15) is 4.79 Å². The van der Waals surface area contributed by atoms with Crippen molar-refractivity contribution in [2.45, 2.75) is 6.54 Å². The second-order valence-electron chi connectivity index (χ2n) is 2.72. The van der Waals surface area contributed by atoms with Gasteiger partial charge in [-0.25, -0.2) is 15.0 Å². The lowest BCUT2D eigenvalue weighted by atomic mass is 10.5. The Hall–Kier alpha value is -0.960. The van der Waals surface area contributed by atoms with Gasteiger partial charge in [0.05, 0.1) is 6.33 Å². The molecule has 1 N–H and O–H groups in total. The van der Waals surface area contributed by atoms with E-state index in [-0.39, 0.29) is 11.7 Å². The summed E-state index contributed by atoms with van der Waals surface area (Å²) in [4.78, 5) is 22.5. The molecule has 0 aromatic carbocycles. The molecule has 0 radical (unpaired) electrons. The van der Waals surface area contributed by atoms with Crippen LogP contribution in [-0.2, 0) is 11.3 Å². The molecule has 0 saturated carbocycles. The Balaban J connectivity index is 2.63. The molecule has 0 saturated heterocycles. The molecule has 78 valence electrons. The highest BCUT2D eigenvalue weighted by Crippen LogP contribution is 2.19. The fourth-order valence-corrected chi connectivity index (χ4v) is 1.97. The van der Waals surface area contributed by atoms with Crippen molar-refractivity contribution in [3.63, 3.8) is 0 Å². The van der Waals surface area contributed by atoms with E-state index < -0.39 is 5.97 Å². The van der Waals surface area contributed by atoms with Crippen LogP contribution in [0.4, 0.5) is 0 Å². The zero-order valence-corrected chi connectivity index (χ0v) is 10.1. The van der Waals surface area contributed by atoms with Gasteiger partial charge in [0, 0.05) is 22.6 Å². The minimum atomic E-state index is -0.959. The third-order valence-electron chi connectivity index (χ3n) is 1.70.